The molecule has 3 rings (SSSR count). The molecule has 0 aliphatic carbocycles. The number of rotatable bonds is 8. The van der Waals surface area contributed by atoms with Gasteiger partial charge in [0.25, 0.3) is 5.91 Å². The first-order valence-corrected chi connectivity index (χ1v) is 12.5. The van der Waals surface area contributed by atoms with Crippen molar-refractivity contribution in [1.29, 1.82) is 0 Å². The molecule has 1 saturated heterocycles. The molecule has 1 heterocycles. The van der Waals surface area contributed by atoms with Crippen molar-refractivity contribution < 1.29 is 24.9 Å². The Balaban J connectivity index is 0.00000481. The molecule has 8 heteroatoms. The predicted octanol–water partition coefficient (Wildman–Crippen LogP) is 5.97. The Morgan fingerprint density at radius 1 is 1.14 bits per heavy atom. The fraction of sp³-hybridized carbons (Fsp3) is 0.500. The summed E-state index contributed by atoms with van der Waals surface area (Å²) in [7, 11) is 3.34. The largest absolute Gasteiger partial charge is 0.494 e. The molecule has 1 atom stereocenters. The first-order valence-electron chi connectivity index (χ1n) is 12.5. The summed E-state index contributed by atoms with van der Waals surface area (Å²) in [4.78, 5) is 30.3. The SMILES string of the molecule is CCCCOc1ccc(C(=O)N(C)c2ccc(N3CCC(N(C)C(=O)OC(C)(C)C)C3)c(F)c2)cc1.[HH]. The molecule has 36 heavy (non-hydrogen) atoms. The Morgan fingerprint density at radius 2 is 1.83 bits per heavy atom. The maximum Gasteiger partial charge on any atom is 0.410 e. The summed E-state index contributed by atoms with van der Waals surface area (Å²) in [5.74, 6) is 0.0779. The number of anilines is 2. The third-order valence-corrected chi connectivity index (χ3v) is 6.22. The molecule has 0 N–H and O–H groups in total. The second-order valence-corrected chi connectivity index (χ2v) is 10.2. The Labute approximate surface area is 215 Å². The van der Waals surface area contributed by atoms with Crippen LogP contribution in [0.5, 0.6) is 5.75 Å². The predicted molar refractivity (Wildman–Crippen MR) is 143 cm³/mol. The monoisotopic (exact) mass is 501 g/mol. The number of halogens is 1. The van der Waals surface area contributed by atoms with E-state index in [0.29, 0.717) is 43.1 Å². The van der Waals surface area contributed by atoms with E-state index < -0.39 is 11.4 Å². The van der Waals surface area contributed by atoms with Gasteiger partial charge in [-0.1, -0.05) is 13.3 Å². The summed E-state index contributed by atoms with van der Waals surface area (Å²) < 4.78 is 26.2. The van der Waals surface area contributed by atoms with Crippen LogP contribution in [0.15, 0.2) is 42.5 Å². The van der Waals surface area contributed by atoms with Gasteiger partial charge in [0.05, 0.1) is 18.3 Å². The number of amides is 2. The summed E-state index contributed by atoms with van der Waals surface area (Å²) >= 11 is 0. The topological polar surface area (TPSA) is 62.3 Å². The molecule has 1 aliphatic rings. The molecule has 0 aromatic heterocycles. The van der Waals surface area contributed by atoms with E-state index in [0.717, 1.165) is 18.6 Å². The first-order chi connectivity index (χ1) is 17.0. The van der Waals surface area contributed by atoms with Crippen LogP contribution < -0.4 is 14.5 Å². The Bertz CT molecular complexity index is 1060. The maximum atomic E-state index is 15.1. The molecular weight excluding hydrogens is 461 g/mol. The summed E-state index contributed by atoms with van der Waals surface area (Å²) in [6.07, 6.45) is 2.36. The minimum absolute atomic E-state index is 0. The Hall–Kier alpha value is -3.29. The Morgan fingerprint density at radius 3 is 2.44 bits per heavy atom. The molecule has 0 radical (unpaired) electrons. The van der Waals surface area contributed by atoms with E-state index in [-0.39, 0.29) is 19.5 Å². The number of carbonyl (C=O) groups is 2. The van der Waals surface area contributed by atoms with Gasteiger partial charge in [0.15, 0.2) is 0 Å². The van der Waals surface area contributed by atoms with Crippen molar-refractivity contribution in [2.24, 2.45) is 0 Å². The minimum atomic E-state index is -0.570. The van der Waals surface area contributed by atoms with Crippen LogP contribution in [-0.2, 0) is 4.74 Å². The highest BCUT2D eigenvalue weighted by Crippen LogP contribution is 2.29. The summed E-state index contributed by atoms with van der Waals surface area (Å²) in [5, 5.41) is 0. The molecule has 0 spiro atoms. The van der Waals surface area contributed by atoms with Gasteiger partial charge in [0.1, 0.15) is 17.2 Å². The molecular formula is C28H40FN3O4. The standard InChI is InChI=1S/C28H38FN3O4.H2/c1-7-8-17-35-23-12-9-20(10-13-23)26(33)30(5)21-11-14-25(24(29)18-21)32-16-15-22(19-32)31(6)27(34)36-28(2,3)4;/h9-14,18,22H,7-8,15-17,19H2,1-6H3;1H. The van der Waals surface area contributed by atoms with E-state index in [2.05, 4.69) is 6.92 Å². The zero-order chi connectivity index (χ0) is 26.5. The molecule has 0 bridgehead atoms. The van der Waals surface area contributed by atoms with E-state index in [1.807, 2.05) is 25.7 Å². The fourth-order valence-electron chi connectivity index (χ4n) is 4.06. The number of benzene rings is 2. The molecule has 1 aliphatic heterocycles. The van der Waals surface area contributed by atoms with Gasteiger partial charge in [-0.3, -0.25) is 4.79 Å². The van der Waals surface area contributed by atoms with Crippen LogP contribution in [0.2, 0.25) is 0 Å². The molecule has 1 fully saturated rings. The van der Waals surface area contributed by atoms with E-state index in [1.165, 1.54) is 11.0 Å². The van der Waals surface area contributed by atoms with Gasteiger partial charge < -0.3 is 24.2 Å². The van der Waals surface area contributed by atoms with Gasteiger partial charge in [-0.2, -0.15) is 0 Å². The third kappa shape index (κ3) is 6.89. The van der Waals surface area contributed by atoms with Crippen LogP contribution in [0.25, 0.3) is 0 Å². The number of likely N-dealkylation sites (N-methyl/N-ethyl adjacent to an activating group) is 1. The second-order valence-electron chi connectivity index (χ2n) is 10.2. The molecule has 2 amide bonds. The van der Waals surface area contributed by atoms with Gasteiger partial charge in [0.2, 0.25) is 0 Å². The highest BCUT2D eigenvalue weighted by molar-refractivity contribution is 6.05. The van der Waals surface area contributed by atoms with Crippen molar-refractivity contribution in [3.63, 3.8) is 0 Å². The number of ether oxygens (including phenoxy) is 2. The van der Waals surface area contributed by atoms with Gasteiger partial charge in [-0.05, 0) is 76.1 Å². The van der Waals surface area contributed by atoms with E-state index >= 15 is 4.39 Å². The van der Waals surface area contributed by atoms with Gasteiger partial charge in [-0.15, -0.1) is 0 Å². The first kappa shape index (κ1) is 27.3. The highest BCUT2D eigenvalue weighted by atomic mass is 19.1. The molecule has 2 aromatic rings. The normalized spacial score (nSPS) is 15.5. The van der Waals surface area contributed by atoms with E-state index in [9.17, 15) is 9.59 Å². The Kier molecular flexibility index (Phi) is 8.82. The second kappa shape index (κ2) is 11.6. The van der Waals surface area contributed by atoms with Crippen molar-refractivity contribution in [2.45, 2.75) is 58.6 Å². The van der Waals surface area contributed by atoms with Crippen LogP contribution >= 0.6 is 0 Å². The van der Waals surface area contributed by atoms with Crippen LogP contribution in [0, 0.1) is 5.82 Å². The van der Waals surface area contributed by atoms with Crippen LogP contribution in [-0.4, -0.2) is 62.3 Å². The zero-order valence-electron chi connectivity index (χ0n) is 22.2. The van der Waals surface area contributed by atoms with E-state index in [4.69, 9.17) is 9.47 Å². The maximum absolute atomic E-state index is 15.1. The number of carbonyl (C=O) groups excluding carboxylic acids is 2. The lowest BCUT2D eigenvalue weighted by molar-refractivity contribution is 0.0237. The average Bonchev–Trinajstić information content (AvgIpc) is 3.32. The molecule has 0 saturated carbocycles. The third-order valence-electron chi connectivity index (χ3n) is 6.22. The minimum Gasteiger partial charge on any atom is -0.494 e. The molecule has 1 unspecified atom stereocenters. The highest BCUT2D eigenvalue weighted by Gasteiger charge is 2.32. The zero-order valence-corrected chi connectivity index (χ0v) is 22.2. The van der Waals surface area contributed by atoms with Crippen molar-refractivity contribution in [1.82, 2.24) is 4.90 Å². The van der Waals surface area contributed by atoms with Gasteiger partial charge in [-0.25, -0.2) is 9.18 Å². The lowest BCUT2D eigenvalue weighted by atomic mass is 10.1. The fourth-order valence-corrected chi connectivity index (χ4v) is 4.06. The molecule has 2 aromatic carbocycles. The summed E-state index contributed by atoms with van der Waals surface area (Å²) in [6, 6.07) is 11.7. The lowest BCUT2D eigenvalue weighted by Crippen LogP contribution is -2.42. The number of nitrogens with zero attached hydrogens (tertiary/aromatic N) is 3. The van der Waals surface area contributed by atoms with Crippen LogP contribution in [0.1, 0.15) is 58.7 Å². The molecule has 198 valence electrons. The number of unbranched alkanes of at least 4 members (excludes halogenated alkanes) is 1. The van der Waals surface area contributed by atoms with Crippen LogP contribution in [0.3, 0.4) is 0 Å². The smallest absolute Gasteiger partial charge is 0.410 e. The van der Waals surface area contributed by atoms with Gasteiger partial charge in [0, 0.05) is 39.9 Å². The quantitative estimate of drug-likeness (QED) is 0.417. The summed E-state index contributed by atoms with van der Waals surface area (Å²) in [6.45, 7) is 9.36. The summed E-state index contributed by atoms with van der Waals surface area (Å²) in [5.41, 5.74) is 0.844. The van der Waals surface area contributed by atoms with Crippen molar-refractivity contribution in [2.75, 3.05) is 43.6 Å². The van der Waals surface area contributed by atoms with E-state index in [1.54, 1.807) is 55.4 Å². The van der Waals surface area contributed by atoms with Crippen molar-refractivity contribution in [3.8, 4) is 5.75 Å². The van der Waals surface area contributed by atoms with Crippen LogP contribution in [0.4, 0.5) is 20.6 Å². The lowest BCUT2D eigenvalue weighted by Gasteiger charge is -2.29. The van der Waals surface area contributed by atoms with Crippen molar-refractivity contribution >= 4 is 23.4 Å². The molecule has 7 nitrogen and oxygen atoms in total. The number of hydrogen-bond acceptors (Lipinski definition) is 5. The average molecular weight is 502 g/mol. The van der Waals surface area contributed by atoms with Crippen molar-refractivity contribution in [3.05, 3.63) is 53.8 Å². The number of hydrogen-bond donors (Lipinski definition) is 0. The van der Waals surface area contributed by atoms with Gasteiger partial charge >= 0.3 is 6.09 Å².